The molecule has 1 aromatic carbocycles. The predicted octanol–water partition coefficient (Wildman–Crippen LogP) is 3.21. The quantitative estimate of drug-likeness (QED) is 0.531. The number of hydrogen-bond donors (Lipinski definition) is 0. The Morgan fingerprint density at radius 3 is 2.38 bits per heavy atom. The Morgan fingerprint density at radius 2 is 1.78 bits per heavy atom. The molecule has 3 aromatic rings. The fourth-order valence-corrected chi connectivity index (χ4v) is 4.22. The number of fused-ring (bicyclic) bond motifs is 1. The molecule has 0 bridgehead atoms. The average molecular weight is 469 g/mol. The highest BCUT2D eigenvalue weighted by Gasteiger charge is 2.40. The molecule has 1 aliphatic rings. The third kappa shape index (κ3) is 4.84. The predicted molar refractivity (Wildman–Crippen MR) is 113 cm³/mol. The molecule has 0 saturated carbocycles. The molecule has 8 nitrogen and oxygen atoms in total. The maximum absolute atomic E-state index is 13.9. The number of halogens is 3. The summed E-state index contributed by atoms with van der Waals surface area (Å²) >= 11 is 0. The van der Waals surface area contributed by atoms with Gasteiger partial charge < -0.3 is 4.90 Å². The van der Waals surface area contributed by atoms with Crippen molar-refractivity contribution < 1.29 is 21.1 Å². The Morgan fingerprint density at radius 1 is 1.09 bits per heavy atom. The fraction of sp³-hybridized carbons (Fsp3) is 0.500. The van der Waals surface area contributed by atoms with E-state index in [1.807, 2.05) is 20.8 Å². The van der Waals surface area contributed by atoms with E-state index in [9.17, 15) is 21.1 Å². The van der Waals surface area contributed by atoms with E-state index in [0.29, 0.717) is 17.2 Å². The third-order valence-corrected chi connectivity index (χ3v) is 5.83. The van der Waals surface area contributed by atoms with Crippen molar-refractivity contribution in [2.24, 2.45) is 0 Å². The molecule has 3 heterocycles. The summed E-state index contributed by atoms with van der Waals surface area (Å²) in [7, 11) is -4.72. The molecule has 2 aromatic heterocycles. The smallest absolute Gasteiger partial charge is 0.306 e. The lowest BCUT2D eigenvalue weighted by Crippen LogP contribution is -2.27. The molecular weight excluding hydrogens is 445 g/mol. The van der Waals surface area contributed by atoms with E-state index in [1.54, 1.807) is 18.2 Å². The van der Waals surface area contributed by atoms with Crippen molar-refractivity contribution in [3.05, 3.63) is 41.2 Å². The monoisotopic (exact) mass is 468 g/mol. The summed E-state index contributed by atoms with van der Waals surface area (Å²) in [6.07, 6.45) is -0.275. The third-order valence-electron chi connectivity index (χ3n) is 5.17. The van der Waals surface area contributed by atoms with E-state index >= 15 is 0 Å². The van der Waals surface area contributed by atoms with E-state index in [0.717, 1.165) is 0 Å². The summed E-state index contributed by atoms with van der Waals surface area (Å²) < 4.78 is 63.3. The summed E-state index contributed by atoms with van der Waals surface area (Å²) in [5.74, 6) is -2.83. The van der Waals surface area contributed by atoms with Gasteiger partial charge in [-0.05, 0) is 11.1 Å². The highest BCUT2D eigenvalue weighted by Crippen LogP contribution is 2.34. The molecule has 1 saturated heterocycles. The van der Waals surface area contributed by atoms with Gasteiger partial charge in [0.1, 0.15) is 11.6 Å². The van der Waals surface area contributed by atoms with Gasteiger partial charge in [0.15, 0.2) is 11.3 Å². The van der Waals surface area contributed by atoms with Gasteiger partial charge in [-0.15, -0.1) is 14.1 Å². The van der Waals surface area contributed by atoms with Gasteiger partial charge in [-0.2, -0.15) is 13.2 Å². The van der Waals surface area contributed by atoms with Crippen LogP contribution in [0.25, 0.3) is 11.2 Å². The summed E-state index contributed by atoms with van der Waals surface area (Å²) in [6.45, 7) is 5.46. The van der Waals surface area contributed by atoms with Crippen LogP contribution in [0.2, 0.25) is 0 Å². The van der Waals surface area contributed by atoms with Crippen LogP contribution in [0, 0.1) is 0 Å². The van der Waals surface area contributed by atoms with Crippen LogP contribution in [-0.4, -0.2) is 52.4 Å². The first kappa shape index (κ1) is 22.4. The molecule has 12 heteroatoms. The highest BCUT2D eigenvalue weighted by atomic mass is 32.3. The number of nitrogens with zero attached hydrogens (tertiary/aromatic N) is 6. The molecule has 1 fully saturated rings. The Bertz CT molecular complexity index is 1270. The van der Waals surface area contributed by atoms with Crippen LogP contribution in [0.1, 0.15) is 44.1 Å². The van der Waals surface area contributed by atoms with Gasteiger partial charge >= 0.3 is 10.2 Å². The van der Waals surface area contributed by atoms with Crippen molar-refractivity contribution in [1.82, 2.24) is 25.0 Å². The van der Waals surface area contributed by atoms with Crippen LogP contribution in [0.5, 0.6) is 0 Å². The Labute approximate surface area is 183 Å². The minimum atomic E-state index is -4.72. The first-order valence-corrected chi connectivity index (χ1v) is 11.6. The Hall–Kier alpha value is -2.76. The van der Waals surface area contributed by atoms with Gasteiger partial charge in [0.05, 0.1) is 13.1 Å². The van der Waals surface area contributed by atoms with Crippen molar-refractivity contribution in [3.8, 4) is 0 Å². The second kappa shape index (κ2) is 7.68. The molecule has 32 heavy (non-hydrogen) atoms. The maximum Gasteiger partial charge on any atom is 0.306 e. The van der Waals surface area contributed by atoms with Gasteiger partial charge in [-0.25, -0.2) is 18.7 Å². The summed E-state index contributed by atoms with van der Waals surface area (Å²) in [6, 6.07) is 6.49. The Balaban J connectivity index is 1.77. The molecule has 172 valence electrons. The molecule has 0 aliphatic carbocycles. The molecule has 0 amide bonds. The summed E-state index contributed by atoms with van der Waals surface area (Å²) in [5, 5.41) is 8.80. The topological polar surface area (TPSA) is 93.9 Å². The zero-order chi connectivity index (χ0) is 23.3. The number of rotatable bonds is 5. The standard InChI is InChI=1S/C20H23F3N6O2S/c1-19(2,3)18-24-16-15(17(25-18)28-9-8-20(21,22)12-28)26-29(27-16)10-13-6-4-5-7-14(13)11-32(23,30)31/h4-7H,8-12H2,1-3H3. The summed E-state index contributed by atoms with van der Waals surface area (Å²) in [4.78, 5) is 11.8. The van der Waals surface area contributed by atoms with Gasteiger partial charge in [0.25, 0.3) is 5.92 Å². The molecular formula is C20H23F3N6O2S. The van der Waals surface area contributed by atoms with E-state index in [4.69, 9.17) is 0 Å². The van der Waals surface area contributed by atoms with Gasteiger partial charge in [0, 0.05) is 18.4 Å². The molecule has 1 aliphatic heterocycles. The van der Waals surface area contributed by atoms with Crippen LogP contribution in [0.15, 0.2) is 24.3 Å². The average Bonchev–Trinajstić information content (AvgIpc) is 3.22. The fourth-order valence-electron chi connectivity index (χ4n) is 3.57. The highest BCUT2D eigenvalue weighted by molar-refractivity contribution is 7.85. The first-order chi connectivity index (χ1) is 14.8. The molecule has 0 spiro atoms. The number of aromatic nitrogens is 5. The minimum Gasteiger partial charge on any atom is -0.348 e. The maximum atomic E-state index is 13.9. The van der Waals surface area contributed by atoms with Crippen LogP contribution in [0.4, 0.5) is 18.5 Å². The largest absolute Gasteiger partial charge is 0.348 e. The molecule has 4 rings (SSSR count). The second-order valence-electron chi connectivity index (χ2n) is 9.00. The zero-order valence-corrected chi connectivity index (χ0v) is 18.7. The first-order valence-electron chi connectivity index (χ1n) is 10.1. The minimum absolute atomic E-state index is 0.0580. The van der Waals surface area contributed by atoms with E-state index < -0.39 is 33.9 Å². The number of hydrogen-bond acceptors (Lipinski definition) is 7. The Kier molecular flexibility index (Phi) is 5.38. The number of anilines is 1. The lowest BCUT2D eigenvalue weighted by atomic mass is 9.96. The SMILES string of the molecule is CC(C)(C)c1nc(N2CCC(F)(F)C2)c2nn(Cc3ccccc3CS(=O)(=O)F)nc2n1. The lowest BCUT2D eigenvalue weighted by molar-refractivity contribution is 0.0257. The molecule has 0 unspecified atom stereocenters. The number of benzene rings is 1. The molecule has 0 radical (unpaired) electrons. The van der Waals surface area contributed by atoms with Crippen LogP contribution < -0.4 is 4.90 Å². The van der Waals surface area contributed by atoms with Gasteiger partial charge in [0.2, 0.25) is 5.65 Å². The van der Waals surface area contributed by atoms with Crippen molar-refractivity contribution in [3.63, 3.8) is 0 Å². The van der Waals surface area contributed by atoms with Crippen LogP contribution >= 0.6 is 0 Å². The molecule has 0 atom stereocenters. The van der Waals surface area contributed by atoms with Crippen LogP contribution in [0.3, 0.4) is 0 Å². The van der Waals surface area contributed by atoms with Crippen molar-refractivity contribution in [2.75, 3.05) is 18.0 Å². The van der Waals surface area contributed by atoms with E-state index in [2.05, 4.69) is 20.2 Å². The zero-order valence-electron chi connectivity index (χ0n) is 17.9. The van der Waals surface area contributed by atoms with Crippen molar-refractivity contribution in [1.29, 1.82) is 0 Å². The van der Waals surface area contributed by atoms with Gasteiger partial charge in [-0.1, -0.05) is 45.0 Å². The van der Waals surface area contributed by atoms with E-state index in [1.165, 1.54) is 15.8 Å². The van der Waals surface area contributed by atoms with E-state index in [-0.39, 0.29) is 36.2 Å². The normalized spacial score (nSPS) is 16.8. The van der Waals surface area contributed by atoms with Crippen molar-refractivity contribution >= 4 is 27.2 Å². The van der Waals surface area contributed by atoms with Crippen LogP contribution in [-0.2, 0) is 27.9 Å². The van der Waals surface area contributed by atoms with Crippen molar-refractivity contribution in [2.45, 2.75) is 50.8 Å². The number of alkyl halides is 2. The van der Waals surface area contributed by atoms with Gasteiger partial charge in [-0.3, -0.25) is 0 Å². The summed E-state index contributed by atoms with van der Waals surface area (Å²) in [5.41, 5.74) is 0.901. The molecule has 0 N–H and O–H groups in total. The second-order valence-corrected chi connectivity index (χ2v) is 10.4. The lowest BCUT2D eigenvalue weighted by Gasteiger charge is -2.21.